The monoisotopic (exact) mass is 318 g/mol. The van der Waals surface area contributed by atoms with Crippen LogP contribution >= 0.6 is 0 Å². The Kier molecular flexibility index (Phi) is 3.18. The molecule has 0 radical (unpaired) electrons. The van der Waals surface area contributed by atoms with Crippen LogP contribution in [0.2, 0.25) is 0 Å². The van der Waals surface area contributed by atoms with Crippen LogP contribution in [0.5, 0.6) is 0 Å². The summed E-state index contributed by atoms with van der Waals surface area (Å²) in [7, 11) is 1.84. The molecule has 0 spiro atoms. The molecule has 0 saturated heterocycles. The molecule has 0 aromatic carbocycles. The summed E-state index contributed by atoms with van der Waals surface area (Å²) in [5, 5.41) is 14.8. The number of aliphatic hydroxyl groups is 1. The van der Waals surface area contributed by atoms with E-state index in [0.717, 1.165) is 32.1 Å². The van der Waals surface area contributed by atoms with E-state index in [4.69, 9.17) is 4.52 Å². The van der Waals surface area contributed by atoms with E-state index in [1.165, 1.54) is 6.42 Å². The number of hydrogen-bond donors (Lipinski definition) is 1. The summed E-state index contributed by atoms with van der Waals surface area (Å²) in [6.45, 7) is 2.66. The molecular weight excluding hydrogens is 292 g/mol. The Balaban J connectivity index is 1.61. The smallest absolute Gasteiger partial charge is 0.229 e. The van der Waals surface area contributed by atoms with Crippen molar-refractivity contribution in [1.29, 1.82) is 0 Å². The summed E-state index contributed by atoms with van der Waals surface area (Å²) in [4.78, 5) is 15.0. The van der Waals surface area contributed by atoms with E-state index in [2.05, 4.69) is 12.1 Å². The Hall–Kier alpha value is -1.36. The van der Waals surface area contributed by atoms with Gasteiger partial charge in [0, 0.05) is 13.1 Å². The summed E-state index contributed by atoms with van der Waals surface area (Å²) in [5.74, 6) is 1.38. The molecule has 1 heterocycles. The highest BCUT2D eigenvalue weighted by Gasteiger charge is 2.65. The second kappa shape index (κ2) is 4.82. The van der Waals surface area contributed by atoms with Gasteiger partial charge in [-0.1, -0.05) is 18.5 Å². The van der Waals surface area contributed by atoms with E-state index in [1.54, 1.807) is 17.2 Å². The molecule has 1 N–H and O–H groups in total. The van der Waals surface area contributed by atoms with E-state index in [0.29, 0.717) is 24.6 Å². The van der Waals surface area contributed by atoms with Crippen molar-refractivity contribution < 1.29 is 14.4 Å². The Morgan fingerprint density at radius 2 is 2.22 bits per heavy atom. The van der Waals surface area contributed by atoms with Crippen molar-refractivity contribution in [2.75, 3.05) is 7.05 Å². The van der Waals surface area contributed by atoms with Gasteiger partial charge < -0.3 is 14.5 Å². The third kappa shape index (κ3) is 2.32. The number of rotatable bonds is 4. The second-order valence-electron chi connectivity index (χ2n) is 8.51. The van der Waals surface area contributed by atoms with Gasteiger partial charge in [0.2, 0.25) is 5.91 Å². The maximum atomic E-state index is 13.3. The van der Waals surface area contributed by atoms with E-state index in [1.807, 2.05) is 7.05 Å². The summed E-state index contributed by atoms with van der Waals surface area (Å²) < 4.78 is 5.14. The molecular formula is C18H26N2O3. The number of carbonyl (C=O) groups is 1. The highest BCUT2D eigenvalue weighted by molar-refractivity contribution is 5.83. The fourth-order valence-electron chi connectivity index (χ4n) is 6.25. The van der Waals surface area contributed by atoms with Gasteiger partial charge in [-0.15, -0.1) is 0 Å². The molecule has 4 aliphatic rings. The van der Waals surface area contributed by atoms with Crippen LogP contribution < -0.4 is 0 Å². The van der Waals surface area contributed by atoms with Crippen LogP contribution in [0.3, 0.4) is 0 Å². The van der Waals surface area contributed by atoms with E-state index >= 15 is 0 Å². The molecule has 4 unspecified atom stereocenters. The zero-order valence-electron chi connectivity index (χ0n) is 14.0. The second-order valence-corrected chi connectivity index (χ2v) is 8.51. The molecule has 4 aliphatic carbocycles. The van der Waals surface area contributed by atoms with Crippen molar-refractivity contribution in [2.24, 2.45) is 16.7 Å². The fraction of sp³-hybridized carbons (Fsp3) is 0.778. The van der Waals surface area contributed by atoms with Crippen molar-refractivity contribution in [3.05, 3.63) is 18.0 Å². The van der Waals surface area contributed by atoms with E-state index in [-0.39, 0.29) is 16.7 Å². The van der Waals surface area contributed by atoms with Gasteiger partial charge in [0.25, 0.3) is 0 Å². The van der Waals surface area contributed by atoms with Crippen LogP contribution in [0.25, 0.3) is 0 Å². The van der Waals surface area contributed by atoms with Crippen LogP contribution in [0, 0.1) is 16.7 Å². The van der Waals surface area contributed by atoms with Gasteiger partial charge in [-0.05, 0) is 49.9 Å². The minimum absolute atomic E-state index is 0.164. The Labute approximate surface area is 137 Å². The predicted molar refractivity (Wildman–Crippen MR) is 84.3 cm³/mol. The lowest BCUT2D eigenvalue weighted by Crippen LogP contribution is -2.63. The molecule has 5 rings (SSSR count). The normalized spacial score (nSPS) is 41.3. The third-order valence-corrected chi connectivity index (χ3v) is 6.59. The van der Waals surface area contributed by atoms with E-state index in [9.17, 15) is 9.90 Å². The average Bonchev–Trinajstić information content (AvgIpc) is 2.96. The van der Waals surface area contributed by atoms with Crippen LogP contribution in [0.4, 0.5) is 0 Å². The first-order valence-corrected chi connectivity index (χ1v) is 8.75. The number of hydrogen-bond acceptors (Lipinski definition) is 4. The van der Waals surface area contributed by atoms with Gasteiger partial charge in [0.15, 0.2) is 5.76 Å². The van der Waals surface area contributed by atoms with Gasteiger partial charge in [-0.2, -0.15) is 0 Å². The highest BCUT2D eigenvalue weighted by atomic mass is 16.5. The van der Waals surface area contributed by atoms with Crippen LogP contribution in [0.1, 0.15) is 57.6 Å². The molecule has 0 aliphatic heterocycles. The lowest BCUT2D eigenvalue weighted by Gasteiger charge is -2.64. The SMILES string of the molecule is CCC12CC3CC(O)(C1)CC(C(=O)N(C)Cc1ccno1)(C3)C2. The largest absolute Gasteiger partial charge is 0.390 e. The van der Waals surface area contributed by atoms with Gasteiger partial charge in [-0.3, -0.25) is 4.79 Å². The zero-order chi connectivity index (χ0) is 16.3. The lowest BCUT2D eigenvalue weighted by atomic mass is 9.42. The maximum Gasteiger partial charge on any atom is 0.229 e. The number of nitrogens with zero attached hydrogens (tertiary/aromatic N) is 2. The predicted octanol–water partition coefficient (Wildman–Crippen LogP) is 2.74. The van der Waals surface area contributed by atoms with Crippen molar-refractivity contribution in [2.45, 2.75) is 64.0 Å². The average molecular weight is 318 g/mol. The molecule has 5 heteroatoms. The topological polar surface area (TPSA) is 66.6 Å². The third-order valence-electron chi connectivity index (χ3n) is 6.59. The summed E-state index contributed by atoms with van der Waals surface area (Å²) in [6, 6.07) is 1.80. The van der Waals surface area contributed by atoms with Gasteiger partial charge in [0.05, 0.1) is 23.8 Å². The van der Waals surface area contributed by atoms with Crippen molar-refractivity contribution >= 4 is 5.91 Å². The molecule has 4 fully saturated rings. The highest BCUT2D eigenvalue weighted by Crippen LogP contribution is 2.67. The molecule has 4 saturated carbocycles. The first-order chi connectivity index (χ1) is 10.9. The Bertz CT molecular complexity index is 616. The molecule has 4 atom stereocenters. The molecule has 1 amide bonds. The first kappa shape index (κ1) is 15.2. The fourth-order valence-corrected chi connectivity index (χ4v) is 6.25. The molecule has 4 bridgehead atoms. The van der Waals surface area contributed by atoms with Crippen LogP contribution in [-0.4, -0.2) is 33.7 Å². The van der Waals surface area contributed by atoms with E-state index < -0.39 is 5.60 Å². The van der Waals surface area contributed by atoms with Crippen molar-refractivity contribution in [3.63, 3.8) is 0 Å². The first-order valence-electron chi connectivity index (χ1n) is 8.75. The van der Waals surface area contributed by atoms with Crippen LogP contribution in [-0.2, 0) is 11.3 Å². The minimum Gasteiger partial charge on any atom is -0.390 e. The van der Waals surface area contributed by atoms with Gasteiger partial charge >= 0.3 is 0 Å². The summed E-state index contributed by atoms with van der Waals surface area (Å²) in [6.07, 6.45) is 8.14. The lowest BCUT2D eigenvalue weighted by molar-refractivity contribution is -0.209. The standard InChI is InChI=1S/C18H26N2O3/c1-3-16-6-13-7-17(10-16,12-18(22,8-13)11-16)15(21)20(2)9-14-4-5-19-23-14/h4-5,13,22H,3,6-12H2,1-2H3. The molecule has 23 heavy (non-hydrogen) atoms. The molecule has 1 aromatic rings. The van der Waals surface area contributed by atoms with Crippen molar-refractivity contribution in [1.82, 2.24) is 10.1 Å². The Morgan fingerprint density at radius 3 is 2.87 bits per heavy atom. The quantitative estimate of drug-likeness (QED) is 0.927. The molecule has 5 nitrogen and oxygen atoms in total. The number of aromatic nitrogens is 1. The summed E-state index contributed by atoms with van der Waals surface area (Å²) >= 11 is 0. The maximum absolute atomic E-state index is 13.3. The molecule has 1 aromatic heterocycles. The van der Waals surface area contributed by atoms with Crippen LogP contribution in [0.15, 0.2) is 16.8 Å². The minimum atomic E-state index is -0.627. The zero-order valence-corrected chi connectivity index (χ0v) is 14.0. The van der Waals surface area contributed by atoms with Crippen molar-refractivity contribution in [3.8, 4) is 0 Å². The van der Waals surface area contributed by atoms with Gasteiger partial charge in [0.1, 0.15) is 0 Å². The Morgan fingerprint density at radius 1 is 1.39 bits per heavy atom. The number of amides is 1. The molecule has 126 valence electrons. The summed E-state index contributed by atoms with van der Waals surface area (Å²) in [5.41, 5.74) is -0.839. The number of carbonyl (C=O) groups excluding carboxylic acids is 1. The van der Waals surface area contributed by atoms with Gasteiger partial charge in [-0.25, -0.2) is 0 Å².